The standard InChI is InChI=1S/C18H24F3N3O3/c1-26-14-2-3-15-12(9-14)8-13(11-27-15)17(25)23-10-16(18(19,20)21)24-6-4-22-5-7-24/h2-3,9,13,16,22H,4-8,10-11H2,1H3,(H,23,25). The Morgan fingerprint density at radius 2 is 2.15 bits per heavy atom. The number of alkyl halides is 3. The lowest BCUT2D eigenvalue weighted by molar-refractivity contribution is -0.184. The number of ether oxygens (including phenoxy) is 2. The Hall–Kier alpha value is -2.00. The highest BCUT2D eigenvalue weighted by molar-refractivity contribution is 5.79. The molecule has 2 heterocycles. The van der Waals surface area contributed by atoms with Gasteiger partial charge in [-0.2, -0.15) is 13.2 Å². The van der Waals surface area contributed by atoms with E-state index in [1.807, 2.05) is 0 Å². The number of piperazine rings is 1. The van der Waals surface area contributed by atoms with E-state index in [0.717, 1.165) is 5.56 Å². The zero-order chi connectivity index (χ0) is 19.4. The van der Waals surface area contributed by atoms with Crippen LogP contribution in [0.1, 0.15) is 5.56 Å². The molecule has 150 valence electrons. The van der Waals surface area contributed by atoms with Crippen LogP contribution in [0.5, 0.6) is 11.5 Å². The van der Waals surface area contributed by atoms with E-state index in [1.165, 1.54) is 4.90 Å². The van der Waals surface area contributed by atoms with Crippen LogP contribution in [-0.4, -0.2) is 69.5 Å². The Labute approximate surface area is 156 Å². The molecule has 0 radical (unpaired) electrons. The number of fused-ring (bicyclic) bond motifs is 1. The maximum atomic E-state index is 13.4. The minimum absolute atomic E-state index is 0.148. The smallest absolute Gasteiger partial charge is 0.405 e. The van der Waals surface area contributed by atoms with Gasteiger partial charge in [-0.1, -0.05) is 0 Å². The molecule has 0 bridgehead atoms. The zero-order valence-electron chi connectivity index (χ0n) is 15.1. The van der Waals surface area contributed by atoms with Crippen molar-refractivity contribution in [2.45, 2.75) is 18.6 Å². The van der Waals surface area contributed by atoms with Gasteiger partial charge in [0.1, 0.15) is 24.1 Å². The van der Waals surface area contributed by atoms with Gasteiger partial charge in [0.25, 0.3) is 0 Å². The highest BCUT2D eigenvalue weighted by atomic mass is 19.4. The SMILES string of the molecule is COc1ccc2c(c1)CC(C(=O)NCC(N1CCNCC1)C(F)(F)F)CO2. The fraction of sp³-hybridized carbons (Fsp3) is 0.611. The third-order valence-electron chi connectivity index (χ3n) is 4.98. The normalized spacial score (nSPS) is 21.7. The van der Waals surface area contributed by atoms with Crippen molar-refractivity contribution in [1.82, 2.24) is 15.5 Å². The Balaban J connectivity index is 1.60. The van der Waals surface area contributed by atoms with Crippen LogP contribution in [0.25, 0.3) is 0 Å². The second-order valence-corrected chi connectivity index (χ2v) is 6.77. The van der Waals surface area contributed by atoms with E-state index in [4.69, 9.17) is 9.47 Å². The number of amides is 1. The molecule has 2 aliphatic heterocycles. The fourth-order valence-corrected chi connectivity index (χ4v) is 3.45. The number of benzene rings is 1. The average Bonchev–Trinajstić information content (AvgIpc) is 2.66. The van der Waals surface area contributed by atoms with Gasteiger partial charge in [0.2, 0.25) is 5.91 Å². The lowest BCUT2D eigenvalue weighted by atomic mass is 9.95. The van der Waals surface area contributed by atoms with Crippen LogP contribution in [0.15, 0.2) is 18.2 Å². The third kappa shape index (κ3) is 4.84. The lowest BCUT2D eigenvalue weighted by Gasteiger charge is -2.36. The first kappa shape index (κ1) is 19.8. The summed E-state index contributed by atoms with van der Waals surface area (Å²) in [6, 6.07) is 3.64. The van der Waals surface area contributed by atoms with Crippen LogP contribution in [0, 0.1) is 5.92 Å². The van der Waals surface area contributed by atoms with E-state index in [2.05, 4.69) is 10.6 Å². The Morgan fingerprint density at radius 1 is 1.41 bits per heavy atom. The summed E-state index contributed by atoms with van der Waals surface area (Å²) in [5, 5.41) is 5.52. The molecule has 9 heteroatoms. The predicted octanol–water partition coefficient (Wildman–Crippen LogP) is 1.20. The van der Waals surface area contributed by atoms with Crippen LogP contribution in [0.3, 0.4) is 0 Å². The molecule has 2 aliphatic rings. The molecule has 0 aromatic heterocycles. The van der Waals surface area contributed by atoms with Gasteiger partial charge in [-0.3, -0.25) is 9.69 Å². The average molecular weight is 387 g/mol. The van der Waals surface area contributed by atoms with Gasteiger partial charge >= 0.3 is 6.18 Å². The second-order valence-electron chi connectivity index (χ2n) is 6.77. The summed E-state index contributed by atoms with van der Waals surface area (Å²) in [7, 11) is 1.54. The maximum Gasteiger partial charge on any atom is 0.405 e. The molecule has 0 saturated carbocycles. The quantitative estimate of drug-likeness (QED) is 0.795. The van der Waals surface area contributed by atoms with E-state index >= 15 is 0 Å². The van der Waals surface area contributed by atoms with Gasteiger partial charge in [0, 0.05) is 32.7 Å². The van der Waals surface area contributed by atoms with Crippen molar-refractivity contribution in [3.05, 3.63) is 23.8 Å². The number of nitrogens with one attached hydrogen (secondary N) is 2. The third-order valence-corrected chi connectivity index (χ3v) is 4.98. The molecule has 1 aromatic rings. The van der Waals surface area contributed by atoms with Gasteiger partial charge in [-0.05, 0) is 30.2 Å². The molecule has 1 fully saturated rings. The minimum Gasteiger partial charge on any atom is -0.497 e. The van der Waals surface area contributed by atoms with Gasteiger partial charge in [-0.15, -0.1) is 0 Å². The molecule has 6 nitrogen and oxygen atoms in total. The van der Waals surface area contributed by atoms with Crippen LogP contribution in [-0.2, 0) is 11.2 Å². The summed E-state index contributed by atoms with van der Waals surface area (Å²) in [5.74, 6) is 0.373. The van der Waals surface area contributed by atoms with Gasteiger partial charge < -0.3 is 20.1 Å². The highest BCUT2D eigenvalue weighted by Gasteiger charge is 2.44. The topological polar surface area (TPSA) is 62.8 Å². The molecular formula is C18H24F3N3O3. The van der Waals surface area contributed by atoms with Crippen LogP contribution >= 0.6 is 0 Å². The summed E-state index contributed by atoms with van der Waals surface area (Å²) in [5.41, 5.74) is 0.815. The van der Waals surface area contributed by atoms with Gasteiger partial charge in [0.05, 0.1) is 13.0 Å². The van der Waals surface area contributed by atoms with Crippen LogP contribution in [0.4, 0.5) is 13.2 Å². The molecular weight excluding hydrogens is 363 g/mol. The largest absolute Gasteiger partial charge is 0.497 e. The van der Waals surface area contributed by atoms with Crippen molar-refractivity contribution >= 4 is 5.91 Å². The van der Waals surface area contributed by atoms with E-state index in [0.29, 0.717) is 44.1 Å². The lowest BCUT2D eigenvalue weighted by Crippen LogP contribution is -2.58. The van der Waals surface area contributed by atoms with Gasteiger partial charge in [0.15, 0.2) is 0 Å². The molecule has 0 spiro atoms. The van der Waals surface area contributed by atoms with Crippen LogP contribution < -0.4 is 20.1 Å². The van der Waals surface area contributed by atoms with E-state index in [9.17, 15) is 18.0 Å². The number of carbonyl (C=O) groups excluding carboxylic acids is 1. The number of methoxy groups -OCH3 is 1. The van der Waals surface area contributed by atoms with Crippen molar-refractivity contribution in [3.8, 4) is 11.5 Å². The first-order valence-corrected chi connectivity index (χ1v) is 8.97. The minimum atomic E-state index is -4.40. The summed E-state index contributed by atoms with van der Waals surface area (Å²) in [6.07, 6.45) is -3.99. The number of rotatable bonds is 5. The second kappa shape index (κ2) is 8.35. The molecule has 2 unspecified atom stereocenters. The predicted molar refractivity (Wildman–Crippen MR) is 93.0 cm³/mol. The van der Waals surface area contributed by atoms with Crippen molar-refractivity contribution in [3.63, 3.8) is 0 Å². The number of halogens is 3. The Morgan fingerprint density at radius 3 is 2.81 bits per heavy atom. The molecule has 2 N–H and O–H groups in total. The maximum absolute atomic E-state index is 13.4. The monoisotopic (exact) mass is 387 g/mol. The first-order chi connectivity index (χ1) is 12.9. The van der Waals surface area contributed by atoms with Crippen LogP contribution in [0.2, 0.25) is 0 Å². The Kier molecular flexibility index (Phi) is 6.11. The number of nitrogens with zero attached hydrogens (tertiary/aromatic N) is 1. The van der Waals surface area contributed by atoms with Crippen molar-refractivity contribution in [2.75, 3.05) is 46.4 Å². The Bertz CT molecular complexity index is 663. The number of hydrogen-bond donors (Lipinski definition) is 2. The molecule has 2 atom stereocenters. The summed E-state index contributed by atoms with van der Waals surface area (Å²) in [4.78, 5) is 13.8. The molecule has 1 aromatic carbocycles. The van der Waals surface area contributed by atoms with Crippen molar-refractivity contribution < 1.29 is 27.4 Å². The molecule has 27 heavy (non-hydrogen) atoms. The zero-order valence-corrected chi connectivity index (χ0v) is 15.1. The fourth-order valence-electron chi connectivity index (χ4n) is 3.45. The highest BCUT2D eigenvalue weighted by Crippen LogP contribution is 2.31. The summed E-state index contributed by atoms with van der Waals surface area (Å²) < 4.78 is 51.0. The summed E-state index contributed by atoms with van der Waals surface area (Å²) in [6.45, 7) is 1.32. The molecule has 1 amide bonds. The summed E-state index contributed by atoms with van der Waals surface area (Å²) >= 11 is 0. The van der Waals surface area contributed by atoms with Gasteiger partial charge in [-0.25, -0.2) is 0 Å². The van der Waals surface area contributed by atoms with E-state index in [1.54, 1.807) is 25.3 Å². The van der Waals surface area contributed by atoms with E-state index in [-0.39, 0.29) is 6.61 Å². The first-order valence-electron chi connectivity index (χ1n) is 8.97. The van der Waals surface area contributed by atoms with Crippen molar-refractivity contribution in [1.29, 1.82) is 0 Å². The van der Waals surface area contributed by atoms with E-state index < -0.39 is 30.6 Å². The molecule has 1 saturated heterocycles. The number of carbonyl (C=O) groups is 1. The number of hydrogen-bond acceptors (Lipinski definition) is 5. The molecule has 3 rings (SSSR count). The molecule has 0 aliphatic carbocycles. The van der Waals surface area contributed by atoms with Crippen molar-refractivity contribution in [2.24, 2.45) is 5.92 Å².